The number of anilines is 2. The van der Waals surface area contributed by atoms with Crippen LogP contribution in [0, 0.1) is 17.1 Å². The lowest BCUT2D eigenvalue weighted by molar-refractivity contribution is -0.143. The number of carbonyl (C=O) groups excluding carboxylic acids is 4. The second kappa shape index (κ2) is 13.6. The molecule has 4 amide bonds. The van der Waals surface area contributed by atoms with E-state index in [0.717, 1.165) is 26.8 Å². The SMILES string of the molecule is CCOC(=O)CN1CC(C(=O)N(c2cccc(F)c2)C(C(=O)NC2CC(F)(F)C2)c2ccccc2Cl)N(c2nccc(C#N)n2)C1=O. The fourth-order valence-corrected chi connectivity index (χ4v) is 5.66. The topological polar surface area (TPSA) is 149 Å². The van der Waals surface area contributed by atoms with Crippen LogP contribution in [0.2, 0.25) is 5.02 Å². The highest BCUT2D eigenvalue weighted by Gasteiger charge is 2.50. The molecule has 244 valence electrons. The number of hydrogen-bond acceptors (Lipinski definition) is 8. The van der Waals surface area contributed by atoms with Gasteiger partial charge in [-0.05, 0) is 37.3 Å². The molecule has 2 unspecified atom stereocenters. The number of hydrogen-bond donors (Lipinski definition) is 1. The van der Waals surface area contributed by atoms with Gasteiger partial charge in [0.25, 0.3) is 11.8 Å². The van der Waals surface area contributed by atoms with E-state index in [4.69, 9.17) is 16.3 Å². The molecule has 1 saturated carbocycles. The maximum atomic E-state index is 14.8. The maximum absolute atomic E-state index is 14.8. The van der Waals surface area contributed by atoms with E-state index in [0.29, 0.717) is 0 Å². The number of urea groups is 1. The van der Waals surface area contributed by atoms with Gasteiger partial charge in [-0.1, -0.05) is 35.9 Å². The molecule has 3 aromatic rings. The third-order valence-corrected chi connectivity index (χ3v) is 7.88. The largest absolute Gasteiger partial charge is 0.465 e. The molecule has 2 atom stereocenters. The third kappa shape index (κ3) is 7.12. The van der Waals surface area contributed by atoms with Gasteiger partial charge in [0.1, 0.15) is 36.2 Å². The molecule has 2 aliphatic rings. The van der Waals surface area contributed by atoms with Crippen LogP contribution in [0.25, 0.3) is 0 Å². The summed E-state index contributed by atoms with van der Waals surface area (Å²) in [7, 11) is 0. The summed E-state index contributed by atoms with van der Waals surface area (Å²) in [4.78, 5) is 65.9. The minimum Gasteiger partial charge on any atom is -0.465 e. The Hall–Kier alpha value is -5.23. The standard InChI is InChI=1S/C31H27ClF3N7O5/c1-2-47-25(43)17-40-16-24(42(30(40)46)29-37-11-10-19(15-36)39-29)28(45)41(21-7-5-6-18(33)12-21)26(22-8-3-4-9-23(22)32)27(44)38-20-13-31(34,35)14-20/h3-12,20,24,26H,2,13-14,16-17H2,1H3,(H,38,44). The van der Waals surface area contributed by atoms with Gasteiger partial charge >= 0.3 is 12.0 Å². The molecule has 16 heteroatoms. The van der Waals surface area contributed by atoms with Crippen LogP contribution < -0.4 is 15.1 Å². The van der Waals surface area contributed by atoms with Gasteiger partial charge in [0.2, 0.25) is 11.9 Å². The molecule has 2 heterocycles. The van der Waals surface area contributed by atoms with Gasteiger partial charge in [-0.15, -0.1) is 0 Å². The number of alkyl halides is 2. The lowest BCUT2D eigenvalue weighted by Crippen LogP contribution is -2.56. The smallest absolute Gasteiger partial charge is 0.328 e. The van der Waals surface area contributed by atoms with Crippen molar-refractivity contribution in [2.75, 3.05) is 29.5 Å². The van der Waals surface area contributed by atoms with Gasteiger partial charge < -0.3 is 15.0 Å². The lowest BCUT2D eigenvalue weighted by atomic mass is 9.87. The fraction of sp³-hybridized carbons (Fsp3) is 0.323. The molecule has 0 spiro atoms. The van der Waals surface area contributed by atoms with Crippen molar-refractivity contribution in [1.29, 1.82) is 5.26 Å². The number of esters is 1. The molecule has 5 rings (SSSR count). The molecular weight excluding hydrogens is 643 g/mol. The van der Waals surface area contributed by atoms with Gasteiger partial charge in [-0.2, -0.15) is 5.26 Å². The summed E-state index contributed by atoms with van der Waals surface area (Å²) in [6.07, 6.45) is -0.0488. The average molecular weight is 670 g/mol. The van der Waals surface area contributed by atoms with Crippen molar-refractivity contribution >= 4 is 47.1 Å². The average Bonchev–Trinajstić information content (AvgIpc) is 3.34. The van der Waals surface area contributed by atoms with Crippen LogP contribution in [-0.4, -0.2) is 76.4 Å². The summed E-state index contributed by atoms with van der Waals surface area (Å²) in [5.74, 6) is -6.72. The van der Waals surface area contributed by atoms with E-state index >= 15 is 0 Å². The first-order valence-corrected chi connectivity index (χ1v) is 14.8. The Labute approximate surface area is 271 Å². The molecule has 47 heavy (non-hydrogen) atoms. The number of amides is 4. The van der Waals surface area contributed by atoms with Crippen molar-refractivity contribution in [2.45, 2.75) is 43.8 Å². The van der Waals surface area contributed by atoms with Crippen molar-refractivity contribution in [2.24, 2.45) is 0 Å². The van der Waals surface area contributed by atoms with Gasteiger partial charge in [-0.25, -0.2) is 32.8 Å². The monoisotopic (exact) mass is 669 g/mol. The van der Waals surface area contributed by atoms with E-state index in [9.17, 15) is 37.6 Å². The second-order valence-electron chi connectivity index (χ2n) is 10.8. The van der Waals surface area contributed by atoms with Gasteiger partial charge in [0.15, 0.2) is 0 Å². The van der Waals surface area contributed by atoms with Gasteiger partial charge in [0, 0.05) is 41.4 Å². The zero-order valence-corrected chi connectivity index (χ0v) is 25.5. The maximum Gasteiger partial charge on any atom is 0.328 e. The van der Waals surface area contributed by atoms with E-state index < -0.39 is 79.6 Å². The Morgan fingerprint density at radius 1 is 1.19 bits per heavy atom. The number of ether oxygens (including phenoxy) is 1. The number of nitriles is 1. The first-order chi connectivity index (χ1) is 22.4. The summed E-state index contributed by atoms with van der Waals surface area (Å²) in [6, 6.07) is 8.87. The Balaban J connectivity index is 1.63. The molecule has 12 nitrogen and oxygen atoms in total. The summed E-state index contributed by atoms with van der Waals surface area (Å²) in [5.41, 5.74) is -0.181. The molecular formula is C31H27ClF3N7O5. The minimum atomic E-state index is -2.97. The Bertz CT molecular complexity index is 1750. The third-order valence-electron chi connectivity index (χ3n) is 7.53. The number of nitrogens with zero attached hydrogens (tertiary/aromatic N) is 6. The number of rotatable bonds is 10. The Morgan fingerprint density at radius 3 is 2.60 bits per heavy atom. The summed E-state index contributed by atoms with van der Waals surface area (Å²) in [5, 5.41) is 12.0. The zero-order chi connectivity index (χ0) is 33.9. The van der Waals surface area contributed by atoms with Crippen LogP contribution in [0.4, 0.5) is 29.6 Å². The predicted octanol–water partition coefficient (Wildman–Crippen LogP) is 4.00. The van der Waals surface area contributed by atoms with Gasteiger partial charge in [-0.3, -0.25) is 19.3 Å². The van der Waals surface area contributed by atoms with E-state index in [2.05, 4.69) is 15.3 Å². The lowest BCUT2D eigenvalue weighted by Gasteiger charge is -2.39. The number of nitrogens with one attached hydrogen (secondary N) is 1. The molecule has 2 fully saturated rings. The van der Waals surface area contributed by atoms with E-state index in [1.54, 1.807) is 19.1 Å². The van der Waals surface area contributed by atoms with Crippen LogP contribution in [0.5, 0.6) is 0 Å². The first-order valence-electron chi connectivity index (χ1n) is 14.4. The molecule has 0 bridgehead atoms. The number of benzene rings is 2. The Morgan fingerprint density at radius 2 is 1.94 bits per heavy atom. The highest BCUT2D eigenvalue weighted by molar-refractivity contribution is 6.31. The highest BCUT2D eigenvalue weighted by Crippen LogP contribution is 2.39. The molecule has 0 radical (unpaired) electrons. The van der Waals surface area contributed by atoms with Crippen LogP contribution >= 0.6 is 11.6 Å². The molecule has 2 aromatic carbocycles. The van der Waals surface area contributed by atoms with Crippen molar-refractivity contribution < 1.29 is 37.1 Å². The zero-order valence-electron chi connectivity index (χ0n) is 24.8. The number of carbonyl (C=O) groups is 4. The molecule has 1 aromatic heterocycles. The van der Waals surface area contributed by atoms with E-state index in [1.165, 1.54) is 36.5 Å². The van der Waals surface area contributed by atoms with Crippen LogP contribution in [0.1, 0.15) is 37.1 Å². The number of aromatic nitrogens is 2. The summed E-state index contributed by atoms with van der Waals surface area (Å²) >= 11 is 6.52. The van der Waals surface area contributed by atoms with E-state index in [1.807, 2.05) is 6.07 Å². The Kier molecular flexibility index (Phi) is 9.61. The predicted molar refractivity (Wildman–Crippen MR) is 161 cm³/mol. The van der Waals surface area contributed by atoms with Crippen molar-refractivity contribution in [3.05, 3.63) is 82.9 Å². The van der Waals surface area contributed by atoms with Crippen molar-refractivity contribution in [3.8, 4) is 6.07 Å². The number of halogens is 4. The quantitative estimate of drug-likeness (QED) is 0.319. The van der Waals surface area contributed by atoms with Crippen molar-refractivity contribution in [3.63, 3.8) is 0 Å². The normalized spacial score (nSPS) is 17.8. The molecule has 1 saturated heterocycles. The van der Waals surface area contributed by atoms with Crippen LogP contribution in [-0.2, 0) is 19.1 Å². The first kappa shape index (κ1) is 33.1. The highest BCUT2D eigenvalue weighted by atomic mass is 35.5. The van der Waals surface area contributed by atoms with Crippen LogP contribution in [0.3, 0.4) is 0 Å². The van der Waals surface area contributed by atoms with E-state index in [-0.39, 0.29) is 34.5 Å². The fourth-order valence-electron chi connectivity index (χ4n) is 5.42. The van der Waals surface area contributed by atoms with Gasteiger partial charge in [0.05, 0.1) is 13.2 Å². The molecule has 1 aliphatic carbocycles. The van der Waals surface area contributed by atoms with Crippen LogP contribution in [0.15, 0.2) is 60.8 Å². The van der Waals surface area contributed by atoms with Crippen molar-refractivity contribution in [1.82, 2.24) is 20.2 Å². The minimum absolute atomic E-state index is 0.0230. The second-order valence-corrected chi connectivity index (χ2v) is 11.2. The molecule has 1 aliphatic heterocycles. The molecule has 1 N–H and O–H groups in total. The summed E-state index contributed by atoms with van der Waals surface area (Å²) < 4.78 is 47.1. The summed E-state index contributed by atoms with van der Waals surface area (Å²) in [6.45, 7) is 0.601.